The van der Waals surface area contributed by atoms with Crippen molar-refractivity contribution in [2.75, 3.05) is 13.7 Å². The molecule has 0 saturated heterocycles. The van der Waals surface area contributed by atoms with Crippen LogP contribution in [-0.4, -0.2) is 18.6 Å². The number of nitro benzene ring substituents is 1. The molecule has 1 aromatic carbocycles. The van der Waals surface area contributed by atoms with E-state index in [4.69, 9.17) is 14.7 Å². The Morgan fingerprint density at radius 3 is 2.69 bits per heavy atom. The number of benzene rings is 1. The van der Waals surface area contributed by atoms with E-state index in [1.807, 2.05) is 6.07 Å². The quantitative estimate of drug-likeness (QED) is 0.431. The number of hydrogen-bond acceptors (Lipinski definition) is 5. The Morgan fingerprint density at radius 1 is 1.44 bits per heavy atom. The lowest BCUT2D eigenvalue weighted by Gasteiger charge is -2.06. The van der Waals surface area contributed by atoms with Gasteiger partial charge < -0.3 is 9.47 Å². The van der Waals surface area contributed by atoms with Gasteiger partial charge in [0.1, 0.15) is 18.1 Å². The van der Waals surface area contributed by atoms with E-state index < -0.39 is 4.92 Å². The molecule has 0 unspecified atom stereocenters. The minimum Gasteiger partial charge on any atom is -0.496 e. The minimum absolute atomic E-state index is 0.105. The SMILES string of the molecule is COc1cc(OCCC#N)cc([N+](=O)[O-])c1. The van der Waals surface area contributed by atoms with Crippen molar-refractivity contribution < 1.29 is 14.4 Å². The second-order valence-corrected chi connectivity index (χ2v) is 2.88. The summed E-state index contributed by atoms with van der Waals surface area (Å²) >= 11 is 0. The first kappa shape index (κ1) is 11.8. The van der Waals surface area contributed by atoms with Gasteiger partial charge in [-0.3, -0.25) is 10.1 Å². The van der Waals surface area contributed by atoms with Crippen molar-refractivity contribution in [2.45, 2.75) is 6.42 Å². The van der Waals surface area contributed by atoms with Gasteiger partial charge in [-0.15, -0.1) is 0 Å². The molecule has 0 N–H and O–H groups in total. The van der Waals surface area contributed by atoms with E-state index in [0.29, 0.717) is 11.5 Å². The molecule has 6 heteroatoms. The molecule has 0 fully saturated rings. The molecule has 0 radical (unpaired) electrons. The van der Waals surface area contributed by atoms with Gasteiger partial charge in [0.25, 0.3) is 5.69 Å². The summed E-state index contributed by atoms with van der Waals surface area (Å²) in [6.07, 6.45) is 0.227. The first-order valence-electron chi connectivity index (χ1n) is 4.50. The predicted molar refractivity (Wildman–Crippen MR) is 55.4 cm³/mol. The predicted octanol–water partition coefficient (Wildman–Crippen LogP) is 1.90. The molecule has 0 saturated carbocycles. The Bertz CT molecular complexity index is 425. The third kappa shape index (κ3) is 3.13. The van der Waals surface area contributed by atoms with Gasteiger partial charge >= 0.3 is 0 Å². The third-order valence-electron chi connectivity index (χ3n) is 1.79. The van der Waals surface area contributed by atoms with E-state index in [9.17, 15) is 10.1 Å². The highest BCUT2D eigenvalue weighted by Gasteiger charge is 2.10. The fraction of sp³-hybridized carbons (Fsp3) is 0.300. The van der Waals surface area contributed by atoms with Crippen LogP contribution in [0.2, 0.25) is 0 Å². The zero-order valence-electron chi connectivity index (χ0n) is 8.67. The molecule has 1 aromatic rings. The van der Waals surface area contributed by atoms with E-state index in [-0.39, 0.29) is 18.7 Å². The average molecular weight is 222 g/mol. The van der Waals surface area contributed by atoms with Crippen molar-refractivity contribution in [1.29, 1.82) is 5.26 Å². The van der Waals surface area contributed by atoms with Crippen LogP contribution in [-0.2, 0) is 0 Å². The van der Waals surface area contributed by atoms with Crippen molar-refractivity contribution in [3.05, 3.63) is 28.3 Å². The standard InChI is InChI=1S/C10H10N2O4/c1-15-9-5-8(12(13)14)6-10(7-9)16-4-2-3-11/h5-7H,2,4H2,1H3. The lowest BCUT2D eigenvalue weighted by Crippen LogP contribution is -1.98. The van der Waals surface area contributed by atoms with Gasteiger partial charge in [-0.1, -0.05) is 0 Å². The molecule has 0 bridgehead atoms. The number of non-ortho nitro benzene ring substituents is 1. The summed E-state index contributed by atoms with van der Waals surface area (Å²) in [4.78, 5) is 10.1. The zero-order valence-corrected chi connectivity index (χ0v) is 8.67. The van der Waals surface area contributed by atoms with Gasteiger partial charge in [0.15, 0.2) is 0 Å². The first-order chi connectivity index (χ1) is 7.67. The Kier molecular flexibility index (Phi) is 4.09. The molecule has 16 heavy (non-hydrogen) atoms. The van der Waals surface area contributed by atoms with E-state index in [0.717, 1.165) is 0 Å². The maximum Gasteiger partial charge on any atom is 0.276 e. The molecule has 0 atom stereocenters. The molecule has 6 nitrogen and oxygen atoms in total. The topological polar surface area (TPSA) is 85.4 Å². The highest BCUT2D eigenvalue weighted by atomic mass is 16.6. The summed E-state index contributed by atoms with van der Waals surface area (Å²) in [5, 5.41) is 18.9. The number of nitriles is 1. The third-order valence-corrected chi connectivity index (χ3v) is 1.79. The van der Waals surface area contributed by atoms with Crippen LogP contribution in [0.15, 0.2) is 18.2 Å². The Morgan fingerprint density at radius 2 is 2.12 bits per heavy atom. The van der Waals surface area contributed by atoms with Crippen molar-refractivity contribution in [3.8, 4) is 17.6 Å². The number of ether oxygens (including phenoxy) is 2. The fourth-order valence-electron chi connectivity index (χ4n) is 1.08. The molecule has 0 aliphatic rings. The summed E-state index contributed by atoms with van der Waals surface area (Å²) in [6.45, 7) is 0.195. The number of methoxy groups -OCH3 is 1. The molecule has 0 spiro atoms. The molecular weight excluding hydrogens is 212 g/mol. The van der Waals surface area contributed by atoms with Crippen molar-refractivity contribution in [1.82, 2.24) is 0 Å². The number of nitro groups is 1. The molecule has 0 aliphatic heterocycles. The highest BCUT2D eigenvalue weighted by molar-refractivity contribution is 5.45. The lowest BCUT2D eigenvalue weighted by molar-refractivity contribution is -0.385. The number of nitrogens with zero attached hydrogens (tertiary/aromatic N) is 2. The lowest BCUT2D eigenvalue weighted by atomic mass is 10.3. The van der Waals surface area contributed by atoms with Crippen LogP contribution >= 0.6 is 0 Å². The maximum absolute atomic E-state index is 10.6. The summed E-state index contributed by atoms with van der Waals surface area (Å²) in [5.74, 6) is 0.669. The van der Waals surface area contributed by atoms with E-state index in [1.165, 1.54) is 25.3 Å². The Labute approximate surface area is 92.2 Å². The average Bonchev–Trinajstić information content (AvgIpc) is 2.29. The second kappa shape index (κ2) is 5.56. The van der Waals surface area contributed by atoms with E-state index in [2.05, 4.69) is 0 Å². The van der Waals surface area contributed by atoms with Crippen molar-refractivity contribution in [2.24, 2.45) is 0 Å². The smallest absolute Gasteiger partial charge is 0.276 e. The second-order valence-electron chi connectivity index (χ2n) is 2.88. The monoisotopic (exact) mass is 222 g/mol. The van der Waals surface area contributed by atoms with Gasteiger partial charge in [0, 0.05) is 6.07 Å². The Hall–Kier alpha value is -2.29. The van der Waals surface area contributed by atoms with Crippen molar-refractivity contribution in [3.63, 3.8) is 0 Å². The number of rotatable bonds is 5. The van der Waals surface area contributed by atoms with Gasteiger partial charge in [0.2, 0.25) is 0 Å². The van der Waals surface area contributed by atoms with Gasteiger partial charge in [-0.25, -0.2) is 0 Å². The Balaban J connectivity index is 2.87. The van der Waals surface area contributed by atoms with E-state index in [1.54, 1.807) is 0 Å². The minimum atomic E-state index is -0.528. The summed E-state index contributed by atoms with van der Waals surface area (Å²) < 4.78 is 10.1. The summed E-state index contributed by atoms with van der Waals surface area (Å²) in [6, 6.07) is 6.04. The molecule has 84 valence electrons. The van der Waals surface area contributed by atoms with Crippen LogP contribution in [0, 0.1) is 21.4 Å². The van der Waals surface area contributed by atoms with Crippen LogP contribution in [0.4, 0.5) is 5.69 Å². The zero-order chi connectivity index (χ0) is 12.0. The van der Waals surface area contributed by atoms with Crippen LogP contribution in [0.1, 0.15) is 6.42 Å². The summed E-state index contributed by atoms with van der Waals surface area (Å²) in [7, 11) is 1.41. The molecular formula is C10H10N2O4. The van der Waals surface area contributed by atoms with Gasteiger partial charge in [-0.05, 0) is 0 Å². The van der Waals surface area contributed by atoms with Crippen LogP contribution in [0.25, 0.3) is 0 Å². The van der Waals surface area contributed by atoms with Crippen LogP contribution in [0.3, 0.4) is 0 Å². The van der Waals surface area contributed by atoms with Crippen LogP contribution < -0.4 is 9.47 Å². The molecule has 1 rings (SSSR count). The van der Waals surface area contributed by atoms with Crippen LogP contribution in [0.5, 0.6) is 11.5 Å². The normalized spacial score (nSPS) is 9.25. The molecule has 0 aromatic heterocycles. The highest BCUT2D eigenvalue weighted by Crippen LogP contribution is 2.27. The van der Waals surface area contributed by atoms with Crippen molar-refractivity contribution >= 4 is 5.69 Å². The first-order valence-corrected chi connectivity index (χ1v) is 4.50. The fourth-order valence-corrected chi connectivity index (χ4v) is 1.08. The largest absolute Gasteiger partial charge is 0.496 e. The number of hydrogen-bond donors (Lipinski definition) is 0. The van der Waals surface area contributed by atoms with Gasteiger partial charge in [-0.2, -0.15) is 5.26 Å². The summed E-state index contributed by atoms with van der Waals surface area (Å²) in [5.41, 5.74) is -0.105. The van der Waals surface area contributed by atoms with Gasteiger partial charge in [0.05, 0.1) is 36.7 Å². The molecule has 0 amide bonds. The maximum atomic E-state index is 10.6. The molecule has 0 heterocycles. The van der Waals surface area contributed by atoms with E-state index >= 15 is 0 Å². The molecule has 0 aliphatic carbocycles.